The van der Waals surface area contributed by atoms with Crippen molar-refractivity contribution in [3.8, 4) is 0 Å². The van der Waals surface area contributed by atoms with Gasteiger partial charge in [0.05, 0.1) is 5.02 Å². The monoisotopic (exact) mass is 342 g/mol. The summed E-state index contributed by atoms with van der Waals surface area (Å²) in [4.78, 5) is 0.0601. The molecule has 1 aromatic carbocycles. The van der Waals surface area contributed by atoms with Gasteiger partial charge in [0.15, 0.2) is 0 Å². The third kappa shape index (κ3) is 4.81. The summed E-state index contributed by atoms with van der Waals surface area (Å²) >= 11 is 13.5. The molecule has 0 radical (unpaired) electrons. The number of benzene rings is 1. The predicted molar refractivity (Wildman–Crippen MR) is 82.8 cm³/mol. The van der Waals surface area contributed by atoms with Gasteiger partial charge in [-0.25, -0.2) is 13.1 Å². The molecule has 0 aliphatic heterocycles. The number of halogens is 2. The first-order valence-electron chi connectivity index (χ1n) is 5.53. The highest BCUT2D eigenvalue weighted by Gasteiger charge is 2.19. The van der Waals surface area contributed by atoms with Gasteiger partial charge in [0, 0.05) is 23.9 Å². The van der Waals surface area contributed by atoms with E-state index < -0.39 is 10.0 Å². The van der Waals surface area contributed by atoms with Crippen LogP contribution in [0.25, 0.3) is 0 Å². The number of thioether (sulfide) groups is 1. The quantitative estimate of drug-likeness (QED) is 0.747. The van der Waals surface area contributed by atoms with Crippen molar-refractivity contribution in [3.05, 3.63) is 27.7 Å². The number of nitrogens with one attached hydrogen (secondary N) is 2. The van der Waals surface area contributed by atoms with E-state index in [-0.39, 0.29) is 9.92 Å². The first-order chi connectivity index (χ1) is 8.92. The second-order valence-corrected chi connectivity index (χ2v) is 7.33. The lowest BCUT2D eigenvalue weighted by Crippen LogP contribution is -2.26. The van der Waals surface area contributed by atoms with Gasteiger partial charge in [-0.05, 0) is 31.0 Å². The second-order valence-electron chi connectivity index (χ2n) is 3.79. The molecule has 0 bridgehead atoms. The Kier molecular flexibility index (Phi) is 6.93. The summed E-state index contributed by atoms with van der Waals surface area (Å²) in [5.74, 6) is 0.702. The molecule has 8 heteroatoms. The minimum Gasteiger partial charge on any atom is -0.316 e. The Bertz CT molecular complexity index is 536. The van der Waals surface area contributed by atoms with Crippen molar-refractivity contribution in [3.63, 3.8) is 0 Å². The Morgan fingerprint density at radius 3 is 2.53 bits per heavy atom. The molecule has 2 N–H and O–H groups in total. The van der Waals surface area contributed by atoms with Crippen molar-refractivity contribution < 1.29 is 8.42 Å². The van der Waals surface area contributed by atoms with Crippen molar-refractivity contribution in [2.45, 2.75) is 11.4 Å². The molecule has 19 heavy (non-hydrogen) atoms. The smallest absolute Gasteiger partial charge is 0.242 e. The third-order valence-corrected chi connectivity index (χ3v) is 5.25. The van der Waals surface area contributed by atoms with Crippen molar-refractivity contribution in [2.75, 3.05) is 25.6 Å². The molecule has 0 saturated carbocycles. The zero-order valence-electron chi connectivity index (χ0n) is 10.7. The van der Waals surface area contributed by atoms with Crippen LogP contribution in [0.15, 0.2) is 17.0 Å². The summed E-state index contributed by atoms with van der Waals surface area (Å²) in [5.41, 5.74) is 0.693. The maximum Gasteiger partial charge on any atom is 0.242 e. The molecule has 1 aromatic rings. The van der Waals surface area contributed by atoms with E-state index in [1.807, 2.05) is 6.26 Å². The minimum atomic E-state index is -3.60. The molecule has 4 nitrogen and oxygen atoms in total. The Balaban J connectivity index is 3.08. The van der Waals surface area contributed by atoms with Crippen molar-refractivity contribution in [1.82, 2.24) is 10.0 Å². The molecule has 0 heterocycles. The van der Waals surface area contributed by atoms with Crippen LogP contribution in [0.5, 0.6) is 0 Å². The molecule has 0 unspecified atom stereocenters. The maximum atomic E-state index is 12.1. The van der Waals surface area contributed by atoms with Crippen molar-refractivity contribution in [1.29, 1.82) is 0 Å². The number of hydrogen-bond donors (Lipinski definition) is 2. The molecular formula is C11H16Cl2N2O2S2. The predicted octanol–water partition coefficient (Wildman–Crippen LogP) is 2.35. The van der Waals surface area contributed by atoms with Crippen molar-refractivity contribution >= 4 is 45.0 Å². The average Bonchev–Trinajstić information content (AvgIpc) is 2.32. The summed E-state index contributed by atoms with van der Waals surface area (Å²) in [7, 11) is -1.84. The highest BCUT2D eigenvalue weighted by Crippen LogP contribution is 2.28. The lowest BCUT2D eigenvalue weighted by atomic mass is 10.2. The molecule has 0 spiro atoms. The lowest BCUT2D eigenvalue weighted by molar-refractivity contribution is 0.584. The third-order valence-electron chi connectivity index (χ3n) is 2.36. The number of rotatable bonds is 7. The van der Waals surface area contributed by atoms with E-state index in [1.165, 1.54) is 12.1 Å². The van der Waals surface area contributed by atoms with Crippen LogP contribution in [0, 0.1) is 0 Å². The van der Waals surface area contributed by atoms with Crippen LogP contribution in [0.3, 0.4) is 0 Å². The van der Waals surface area contributed by atoms with Gasteiger partial charge in [0.25, 0.3) is 0 Å². The van der Waals surface area contributed by atoms with Crippen molar-refractivity contribution in [2.24, 2.45) is 0 Å². The Morgan fingerprint density at radius 2 is 1.95 bits per heavy atom. The fraction of sp³-hybridized carbons (Fsp3) is 0.455. The van der Waals surface area contributed by atoms with Gasteiger partial charge in [-0.1, -0.05) is 23.2 Å². The SMILES string of the molecule is CNCc1cc(S(=O)(=O)NCCSC)c(Cl)cc1Cl. The standard InChI is InChI=1S/C11H16Cl2N2O2S2/c1-14-7-8-5-11(10(13)6-9(8)12)19(16,17)15-3-4-18-2/h5-6,14-15H,3-4,7H2,1-2H3. The first-order valence-corrected chi connectivity index (χ1v) is 9.16. The zero-order valence-corrected chi connectivity index (χ0v) is 13.8. The van der Waals surface area contributed by atoms with Gasteiger partial charge < -0.3 is 5.32 Å². The zero-order chi connectivity index (χ0) is 14.5. The lowest BCUT2D eigenvalue weighted by Gasteiger charge is -2.11. The van der Waals surface area contributed by atoms with E-state index in [1.54, 1.807) is 18.8 Å². The van der Waals surface area contributed by atoms with Gasteiger partial charge >= 0.3 is 0 Å². The highest BCUT2D eigenvalue weighted by atomic mass is 35.5. The molecule has 0 amide bonds. The largest absolute Gasteiger partial charge is 0.316 e. The first kappa shape index (κ1) is 17.1. The van der Waals surface area contributed by atoms with Gasteiger partial charge in [-0.15, -0.1) is 0 Å². The van der Waals surface area contributed by atoms with E-state index in [0.29, 0.717) is 29.4 Å². The van der Waals surface area contributed by atoms with E-state index in [4.69, 9.17) is 23.2 Å². The maximum absolute atomic E-state index is 12.1. The molecule has 0 fully saturated rings. The van der Waals surface area contributed by atoms with E-state index in [9.17, 15) is 8.42 Å². The average molecular weight is 343 g/mol. The van der Waals surface area contributed by atoms with Gasteiger partial charge in [-0.3, -0.25) is 0 Å². The molecule has 1 rings (SSSR count). The van der Waals surface area contributed by atoms with Gasteiger partial charge in [0.1, 0.15) is 4.90 Å². The van der Waals surface area contributed by atoms with Gasteiger partial charge in [0.2, 0.25) is 10.0 Å². The minimum absolute atomic E-state index is 0.0601. The summed E-state index contributed by atoms with van der Waals surface area (Å²) in [6.45, 7) is 0.840. The Labute approximate surface area is 128 Å². The van der Waals surface area contributed by atoms with Crippen LogP contribution in [-0.4, -0.2) is 34.0 Å². The van der Waals surface area contributed by atoms with Crippen LogP contribution in [0.1, 0.15) is 5.56 Å². The summed E-state index contributed by atoms with van der Waals surface area (Å²) in [6.07, 6.45) is 1.91. The van der Waals surface area contributed by atoms with Crippen LogP contribution in [0.2, 0.25) is 10.0 Å². The topological polar surface area (TPSA) is 58.2 Å². The summed E-state index contributed by atoms with van der Waals surface area (Å²) < 4.78 is 26.8. The number of sulfonamides is 1. The number of hydrogen-bond acceptors (Lipinski definition) is 4. The van der Waals surface area contributed by atoms with Crippen LogP contribution in [-0.2, 0) is 16.6 Å². The molecular weight excluding hydrogens is 327 g/mol. The molecule has 0 saturated heterocycles. The Morgan fingerprint density at radius 1 is 1.26 bits per heavy atom. The normalized spacial score (nSPS) is 11.8. The second kappa shape index (κ2) is 7.71. The highest BCUT2D eigenvalue weighted by molar-refractivity contribution is 7.98. The van der Waals surface area contributed by atoms with Crippen LogP contribution >= 0.6 is 35.0 Å². The van der Waals surface area contributed by atoms with Crippen LogP contribution < -0.4 is 10.0 Å². The molecule has 108 valence electrons. The van der Waals surface area contributed by atoms with Gasteiger partial charge in [-0.2, -0.15) is 11.8 Å². The summed E-state index contributed by atoms with van der Waals surface area (Å²) in [5, 5.41) is 3.50. The molecule has 0 aliphatic carbocycles. The summed E-state index contributed by atoms with van der Waals surface area (Å²) in [6, 6.07) is 2.96. The molecule has 0 aromatic heterocycles. The van der Waals surface area contributed by atoms with E-state index in [2.05, 4.69) is 10.0 Å². The van der Waals surface area contributed by atoms with Crippen LogP contribution in [0.4, 0.5) is 0 Å². The van der Waals surface area contributed by atoms with E-state index >= 15 is 0 Å². The molecule has 0 aliphatic rings. The molecule has 0 atom stereocenters. The fourth-order valence-electron chi connectivity index (χ4n) is 1.46. The van der Waals surface area contributed by atoms with E-state index in [0.717, 1.165) is 0 Å². The Hall–Kier alpha value is 0.0200. The fourth-order valence-corrected chi connectivity index (χ4v) is 3.79.